The molecular formula is C13H16N2OS. The average molecular weight is 248 g/mol. The Morgan fingerprint density at radius 2 is 2.24 bits per heavy atom. The second-order valence-corrected chi connectivity index (χ2v) is 5.50. The van der Waals surface area contributed by atoms with Gasteiger partial charge >= 0.3 is 0 Å². The molecule has 2 aromatic rings. The quantitative estimate of drug-likeness (QED) is 0.887. The van der Waals surface area contributed by atoms with Crippen molar-refractivity contribution in [2.24, 2.45) is 0 Å². The number of anilines is 1. The molecule has 0 unspecified atom stereocenters. The van der Waals surface area contributed by atoms with E-state index in [0.29, 0.717) is 0 Å². The molecule has 0 aliphatic carbocycles. The van der Waals surface area contributed by atoms with Gasteiger partial charge in [-0.3, -0.25) is 0 Å². The molecule has 0 radical (unpaired) electrons. The maximum atomic E-state index is 9.43. The van der Waals surface area contributed by atoms with Crippen molar-refractivity contribution in [1.29, 1.82) is 0 Å². The maximum Gasteiger partial charge on any atom is 0.186 e. The summed E-state index contributed by atoms with van der Waals surface area (Å²) in [6.45, 7) is 1.25. The number of aliphatic hydroxyl groups excluding tert-OH is 1. The smallest absolute Gasteiger partial charge is 0.186 e. The minimum atomic E-state index is 0.232. The van der Waals surface area contributed by atoms with Crippen LogP contribution in [-0.2, 0) is 0 Å². The van der Waals surface area contributed by atoms with Gasteiger partial charge in [-0.05, 0) is 31.4 Å². The Bertz CT molecular complexity index is 478. The minimum Gasteiger partial charge on any atom is -0.394 e. The minimum absolute atomic E-state index is 0.232. The molecule has 3 nitrogen and oxygen atoms in total. The number of rotatable bonds is 2. The number of aromatic nitrogens is 1. The molecule has 1 fully saturated rings. The zero-order valence-corrected chi connectivity index (χ0v) is 10.5. The topological polar surface area (TPSA) is 36.4 Å². The summed E-state index contributed by atoms with van der Waals surface area (Å²) < 4.78 is 1.23. The highest BCUT2D eigenvalue weighted by molar-refractivity contribution is 7.22. The molecule has 1 aliphatic rings. The Hall–Kier alpha value is -1.13. The van der Waals surface area contributed by atoms with Crippen molar-refractivity contribution in [1.82, 2.24) is 4.98 Å². The van der Waals surface area contributed by atoms with E-state index in [2.05, 4.69) is 16.0 Å². The summed E-state index contributed by atoms with van der Waals surface area (Å²) >= 11 is 1.73. The SMILES string of the molecule is OC[C@@H]1CCCCN1c1nc2ccccc2s1. The average Bonchev–Trinajstić information content (AvgIpc) is 2.82. The van der Waals surface area contributed by atoms with E-state index in [4.69, 9.17) is 0 Å². The van der Waals surface area contributed by atoms with E-state index >= 15 is 0 Å². The maximum absolute atomic E-state index is 9.43. The highest BCUT2D eigenvalue weighted by Crippen LogP contribution is 2.32. The molecule has 1 atom stereocenters. The van der Waals surface area contributed by atoms with Gasteiger partial charge in [-0.25, -0.2) is 4.98 Å². The summed E-state index contributed by atoms with van der Waals surface area (Å²) in [6, 6.07) is 8.47. The Balaban J connectivity index is 1.96. The number of fused-ring (bicyclic) bond motifs is 1. The number of hydrogen-bond acceptors (Lipinski definition) is 4. The highest BCUT2D eigenvalue weighted by Gasteiger charge is 2.24. The first kappa shape index (κ1) is 11.0. The van der Waals surface area contributed by atoms with Crippen LogP contribution in [-0.4, -0.2) is 29.3 Å². The van der Waals surface area contributed by atoms with Gasteiger partial charge in [0.1, 0.15) is 0 Å². The lowest BCUT2D eigenvalue weighted by atomic mass is 10.0. The Morgan fingerprint density at radius 1 is 1.35 bits per heavy atom. The van der Waals surface area contributed by atoms with Gasteiger partial charge in [0.25, 0.3) is 0 Å². The fraction of sp³-hybridized carbons (Fsp3) is 0.462. The van der Waals surface area contributed by atoms with Crippen LogP contribution in [0.1, 0.15) is 19.3 Å². The summed E-state index contributed by atoms with van der Waals surface area (Å²) in [5.74, 6) is 0. The molecule has 0 spiro atoms. The van der Waals surface area contributed by atoms with Crippen LogP contribution in [0.2, 0.25) is 0 Å². The van der Waals surface area contributed by atoms with E-state index in [0.717, 1.165) is 23.6 Å². The van der Waals surface area contributed by atoms with Gasteiger partial charge < -0.3 is 10.0 Å². The zero-order chi connectivity index (χ0) is 11.7. The summed E-state index contributed by atoms with van der Waals surface area (Å²) in [4.78, 5) is 6.94. The van der Waals surface area contributed by atoms with E-state index in [1.54, 1.807) is 11.3 Å². The van der Waals surface area contributed by atoms with Gasteiger partial charge in [-0.1, -0.05) is 23.5 Å². The summed E-state index contributed by atoms with van der Waals surface area (Å²) in [6.07, 6.45) is 3.49. The Morgan fingerprint density at radius 3 is 3.06 bits per heavy atom. The molecule has 1 aromatic heterocycles. The third-order valence-electron chi connectivity index (χ3n) is 3.37. The third kappa shape index (κ3) is 2.03. The van der Waals surface area contributed by atoms with Crippen LogP contribution >= 0.6 is 11.3 Å². The van der Waals surface area contributed by atoms with Crippen LogP contribution in [0.3, 0.4) is 0 Å². The van der Waals surface area contributed by atoms with Crippen molar-refractivity contribution in [3.8, 4) is 0 Å². The monoisotopic (exact) mass is 248 g/mol. The molecule has 0 amide bonds. The molecule has 2 heterocycles. The Labute approximate surface area is 105 Å². The molecule has 1 N–H and O–H groups in total. The van der Waals surface area contributed by atoms with E-state index in [1.165, 1.54) is 17.5 Å². The van der Waals surface area contributed by atoms with E-state index in [9.17, 15) is 5.11 Å². The van der Waals surface area contributed by atoms with Gasteiger partial charge in [-0.2, -0.15) is 0 Å². The largest absolute Gasteiger partial charge is 0.394 e. The molecule has 3 rings (SSSR count). The van der Waals surface area contributed by atoms with Crippen LogP contribution in [0.25, 0.3) is 10.2 Å². The molecule has 4 heteroatoms. The van der Waals surface area contributed by atoms with Gasteiger partial charge in [0.2, 0.25) is 0 Å². The van der Waals surface area contributed by atoms with Crippen LogP contribution in [0.15, 0.2) is 24.3 Å². The fourth-order valence-corrected chi connectivity index (χ4v) is 3.49. The molecule has 0 bridgehead atoms. The standard InChI is InChI=1S/C13H16N2OS/c16-9-10-5-3-4-8-15(10)13-14-11-6-1-2-7-12(11)17-13/h1-2,6-7,10,16H,3-5,8-9H2/t10-/m0/s1. The van der Waals surface area contributed by atoms with Gasteiger partial charge in [-0.15, -0.1) is 0 Å². The predicted molar refractivity (Wildman–Crippen MR) is 71.7 cm³/mol. The van der Waals surface area contributed by atoms with Crippen LogP contribution < -0.4 is 4.90 Å². The molecule has 90 valence electrons. The molecule has 1 aliphatic heterocycles. The van der Waals surface area contributed by atoms with Crippen molar-refractivity contribution >= 4 is 26.7 Å². The van der Waals surface area contributed by atoms with Gasteiger partial charge in [0.15, 0.2) is 5.13 Å². The van der Waals surface area contributed by atoms with Crippen LogP contribution in [0.4, 0.5) is 5.13 Å². The molecule has 17 heavy (non-hydrogen) atoms. The fourth-order valence-electron chi connectivity index (χ4n) is 2.43. The van der Waals surface area contributed by atoms with Gasteiger partial charge in [0.05, 0.1) is 22.9 Å². The number of para-hydroxylation sites is 1. The second kappa shape index (κ2) is 4.63. The summed E-state index contributed by atoms with van der Waals surface area (Å²) in [7, 11) is 0. The lowest BCUT2D eigenvalue weighted by Crippen LogP contribution is -2.41. The van der Waals surface area contributed by atoms with Gasteiger partial charge in [0, 0.05) is 6.54 Å². The highest BCUT2D eigenvalue weighted by atomic mass is 32.1. The molecule has 0 saturated carbocycles. The zero-order valence-electron chi connectivity index (χ0n) is 9.67. The Kier molecular flexibility index (Phi) is 2.99. The summed E-state index contributed by atoms with van der Waals surface area (Å²) in [5, 5.41) is 10.5. The van der Waals surface area contributed by atoms with Crippen molar-refractivity contribution < 1.29 is 5.11 Å². The van der Waals surface area contributed by atoms with E-state index in [-0.39, 0.29) is 12.6 Å². The number of nitrogens with zero attached hydrogens (tertiary/aromatic N) is 2. The number of benzene rings is 1. The second-order valence-electron chi connectivity index (χ2n) is 4.49. The first-order chi connectivity index (χ1) is 8.38. The lowest BCUT2D eigenvalue weighted by Gasteiger charge is -2.34. The van der Waals surface area contributed by atoms with E-state index < -0.39 is 0 Å². The number of thiazole rings is 1. The van der Waals surface area contributed by atoms with Crippen molar-refractivity contribution in [3.63, 3.8) is 0 Å². The molecular weight excluding hydrogens is 232 g/mol. The number of aliphatic hydroxyl groups is 1. The first-order valence-corrected chi connectivity index (χ1v) is 6.93. The molecule has 1 saturated heterocycles. The van der Waals surface area contributed by atoms with Crippen molar-refractivity contribution in [3.05, 3.63) is 24.3 Å². The van der Waals surface area contributed by atoms with Crippen LogP contribution in [0.5, 0.6) is 0 Å². The number of piperidine rings is 1. The van der Waals surface area contributed by atoms with Crippen molar-refractivity contribution in [2.45, 2.75) is 25.3 Å². The van der Waals surface area contributed by atoms with Crippen LogP contribution in [0, 0.1) is 0 Å². The van der Waals surface area contributed by atoms with E-state index in [1.807, 2.05) is 18.2 Å². The number of hydrogen-bond donors (Lipinski definition) is 1. The summed E-state index contributed by atoms with van der Waals surface area (Å²) in [5.41, 5.74) is 1.06. The predicted octanol–water partition coefficient (Wildman–Crippen LogP) is 2.65. The molecule has 1 aromatic carbocycles. The third-order valence-corrected chi connectivity index (χ3v) is 4.44. The lowest BCUT2D eigenvalue weighted by molar-refractivity contribution is 0.240. The van der Waals surface area contributed by atoms with Crippen molar-refractivity contribution in [2.75, 3.05) is 18.1 Å². The first-order valence-electron chi connectivity index (χ1n) is 6.11. The normalized spacial score (nSPS) is 21.0.